The summed E-state index contributed by atoms with van der Waals surface area (Å²) in [6.07, 6.45) is 0. The van der Waals surface area contributed by atoms with E-state index in [9.17, 15) is 14.4 Å². The molecular formula is C20H24N4O5. The molecule has 0 aliphatic rings. The minimum Gasteiger partial charge on any atom is -0.493 e. The lowest BCUT2D eigenvalue weighted by molar-refractivity contribution is -0.119. The maximum absolute atomic E-state index is 12.6. The summed E-state index contributed by atoms with van der Waals surface area (Å²) in [6.45, 7) is 3.37. The van der Waals surface area contributed by atoms with Crippen LogP contribution in [-0.4, -0.2) is 37.6 Å². The van der Waals surface area contributed by atoms with Gasteiger partial charge in [0.1, 0.15) is 0 Å². The monoisotopic (exact) mass is 400 g/mol. The largest absolute Gasteiger partial charge is 0.493 e. The molecule has 0 spiro atoms. The quantitative estimate of drug-likeness (QED) is 0.540. The number of nitrogens with two attached hydrogens (primary N) is 1. The van der Waals surface area contributed by atoms with E-state index in [1.807, 2.05) is 13.8 Å². The molecule has 4 amide bonds. The van der Waals surface area contributed by atoms with Crippen molar-refractivity contribution in [3.05, 3.63) is 48.0 Å². The van der Waals surface area contributed by atoms with E-state index in [1.165, 1.54) is 13.2 Å². The van der Waals surface area contributed by atoms with Crippen LogP contribution >= 0.6 is 0 Å². The number of carbonyl (C=O) groups is 3. The fourth-order valence-corrected chi connectivity index (χ4v) is 2.39. The molecule has 0 aliphatic carbocycles. The summed E-state index contributed by atoms with van der Waals surface area (Å²) in [4.78, 5) is 35.3. The van der Waals surface area contributed by atoms with Crippen LogP contribution in [-0.2, 0) is 4.79 Å². The fraction of sp³-hybridized carbons (Fsp3) is 0.250. The predicted octanol–water partition coefficient (Wildman–Crippen LogP) is 2.34. The van der Waals surface area contributed by atoms with Crippen LogP contribution in [0.3, 0.4) is 0 Å². The number of primary amides is 1. The molecule has 0 heterocycles. The first kappa shape index (κ1) is 21.5. The Morgan fingerprint density at radius 2 is 1.72 bits per heavy atom. The van der Waals surface area contributed by atoms with Crippen molar-refractivity contribution in [2.75, 3.05) is 24.4 Å². The number of hydrogen-bond donors (Lipinski definition) is 4. The average molecular weight is 400 g/mol. The number of nitrogens with one attached hydrogen (secondary N) is 3. The third kappa shape index (κ3) is 6.73. The molecule has 9 heteroatoms. The normalized spacial score (nSPS) is 10.2. The molecule has 154 valence electrons. The number of benzene rings is 2. The molecule has 0 aliphatic heterocycles. The van der Waals surface area contributed by atoms with Crippen molar-refractivity contribution >= 4 is 29.2 Å². The topological polar surface area (TPSA) is 132 Å². The van der Waals surface area contributed by atoms with E-state index in [2.05, 4.69) is 16.0 Å². The third-order valence-corrected chi connectivity index (χ3v) is 3.59. The minimum absolute atomic E-state index is 0.0115. The molecule has 0 radical (unpaired) electrons. The van der Waals surface area contributed by atoms with Crippen molar-refractivity contribution in [3.8, 4) is 11.5 Å². The van der Waals surface area contributed by atoms with Crippen molar-refractivity contribution in [1.82, 2.24) is 5.32 Å². The highest BCUT2D eigenvalue weighted by Gasteiger charge is 2.12. The zero-order valence-corrected chi connectivity index (χ0v) is 16.4. The summed E-state index contributed by atoms with van der Waals surface area (Å²) in [6, 6.07) is 10.9. The number of urea groups is 1. The molecule has 2 rings (SSSR count). The van der Waals surface area contributed by atoms with Gasteiger partial charge in [-0.15, -0.1) is 0 Å². The van der Waals surface area contributed by atoms with E-state index in [-0.39, 0.29) is 30.3 Å². The smallest absolute Gasteiger partial charge is 0.319 e. The van der Waals surface area contributed by atoms with E-state index < -0.39 is 5.91 Å². The van der Waals surface area contributed by atoms with Gasteiger partial charge in [-0.05, 0) is 44.2 Å². The lowest BCUT2D eigenvalue weighted by Crippen LogP contribution is -2.34. The lowest BCUT2D eigenvalue weighted by Gasteiger charge is -2.13. The van der Waals surface area contributed by atoms with Gasteiger partial charge in [-0.3, -0.25) is 9.59 Å². The SMILES string of the molecule is COc1ccc(NC(=O)c2cccc(NC(=O)NC(C)C)c2)cc1OCC(N)=O. The molecular weight excluding hydrogens is 376 g/mol. The fourth-order valence-electron chi connectivity index (χ4n) is 2.39. The maximum atomic E-state index is 12.6. The van der Waals surface area contributed by atoms with E-state index >= 15 is 0 Å². The zero-order valence-electron chi connectivity index (χ0n) is 16.4. The summed E-state index contributed by atoms with van der Waals surface area (Å²) >= 11 is 0. The zero-order chi connectivity index (χ0) is 21.4. The van der Waals surface area contributed by atoms with Gasteiger partial charge in [-0.1, -0.05) is 6.07 Å². The van der Waals surface area contributed by atoms with Gasteiger partial charge >= 0.3 is 6.03 Å². The van der Waals surface area contributed by atoms with Crippen LogP contribution in [0.2, 0.25) is 0 Å². The average Bonchev–Trinajstić information content (AvgIpc) is 2.66. The van der Waals surface area contributed by atoms with E-state index in [0.29, 0.717) is 22.7 Å². The Hall–Kier alpha value is -3.75. The molecule has 0 atom stereocenters. The van der Waals surface area contributed by atoms with Gasteiger partial charge in [0.25, 0.3) is 11.8 Å². The van der Waals surface area contributed by atoms with Crippen LogP contribution in [0.4, 0.5) is 16.2 Å². The van der Waals surface area contributed by atoms with Gasteiger partial charge in [0.15, 0.2) is 18.1 Å². The molecule has 0 fully saturated rings. The van der Waals surface area contributed by atoms with Gasteiger partial charge in [-0.25, -0.2) is 4.79 Å². The van der Waals surface area contributed by atoms with E-state index in [1.54, 1.807) is 36.4 Å². The molecule has 0 aromatic heterocycles. The van der Waals surface area contributed by atoms with Crippen molar-refractivity contribution in [2.45, 2.75) is 19.9 Å². The first-order chi connectivity index (χ1) is 13.8. The summed E-state index contributed by atoms with van der Waals surface area (Å²) in [5.41, 5.74) is 6.36. The number of methoxy groups -OCH3 is 1. The van der Waals surface area contributed by atoms with Crippen LogP contribution in [0.15, 0.2) is 42.5 Å². The molecule has 0 bridgehead atoms. The summed E-state index contributed by atoms with van der Waals surface area (Å²) in [7, 11) is 1.46. The Morgan fingerprint density at radius 3 is 2.38 bits per heavy atom. The van der Waals surface area contributed by atoms with Crippen molar-refractivity contribution < 1.29 is 23.9 Å². The summed E-state index contributed by atoms with van der Waals surface area (Å²) in [5.74, 6) is -0.354. The second-order valence-corrected chi connectivity index (χ2v) is 6.41. The Labute approximate surface area is 168 Å². The van der Waals surface area contributed by atoms with Crippen LogP contribution in [0.25, 0.3) is 0 Å². The van der Waals surface area contributed by atoms with Gasteiger partial charge in [0, 0.05) is 29.0 Å². The molecule has 0 unspecified atom stereocenters. The van der Waals surface area contributed by atoms with Crippen molar-refractivity contribution in [1.29, 1.82) is 0 Å². The first-order valence-electron chi connectivity index (χ1n) is 8.86. The van der Waals surface area contributed by atoms with Gasteiger partial charge < -0.3 is 31.2 Å². The standard InChI is InChI=1S/C20H24N4O5/c1-12(2)22-20(27)24-14-6-4-5-13(9-14)19(26)23-15-7-8-16(28-3)17(10-15)29-11-18(21)25/h4-10,12H,11H2,1-3H3,(H2,21,25)(H,23,26)(H2,22,24,27). The van der Waals surface area contributed by atoms with Crippen LogP contribution in [0.1, 0.15) is 24.2 Å². The van der Waals surface area contributed by atoms with E-state index in [4.69, 9.17) is 15.2 Å². The molecule has 29 heavy (non-hydrogen) atoms. The van der Waals surface area contributed by atoms with Crippen LogP contribution < -0.4 is 31.2 Å². The summed E-state index contributed by atoms with van der Waals surface area (Å²) < 4.78 is 10.5. The van der Waals surface area contributed by atoms with Gasteiger partial charge in [0.05, 0.1) is 7.11 Å². The predicted molar refractivity (Wildman–Crippen MR) is 109 cm³/mol. The second kappa shape index (κ2) is 9.98. The molecule has 9 nitrogen and oxygen atoms in total. The minimum atomic E-state index is -0.632. The Balaban J connectivity index is 2.11. The molecule has 0 saturated carbocycles. The van der Waals surface area contributed by atoms with Crippen molar-refractivity contribution in [2.24, 2.45) is 5.73 Å². The highest BCUT2D eigenvalue weighted by Crippen LogP contribution is 2.30. The molecule has 5 N–H and O–H groups in total. The third-order valence-electron chi connectivity index (χ3n) is 3.59. The van der Waals surface area contributed by atoms with Gasteiger partial charge in [-0.2, -0.15) is 0 Å². The Morgan fingerprint density at radius 1 is 1.00 bits per heavy atom. The van der Waals surface area contributed by atoms with Gasteiger partial charge in [0.2, 0.25) is 0 Å². The highest BCUT2D eigenvalue weighted by atomic mass is 16.5. The lowest BCUT2D eigenvalue weighted by atomic mass is 10.1. The number of amides is 4. The number of anilines is 2. The number of hydrogen-bond acceptors (Lipinski definition) is 5. The van der Waals surface area contributed by atoms with E-state index in [0.717, 1.165) is 0 Å². The summed E-state index contributed by atoms with van der Waals surface area (Å²) in [5, 5.41) is 8.11. The van der Waals surface area contributed by atoms with Crippen LogP contribution in [0.5, 0.6) is 11.5 Å². The molecule has 2 aromatic rings. The highest BCUT2D eigenvalue weighted by molar-refractivity contribution is 6.05. The van der Waals surface area contributed by atoms with Crippen molar-refractivity contribution in [3.63, 3.8) is 0 Å². The number of ether oxygens (including phenoxy) is 2. The Kier molecular flexibility index (Phi) is 7.41. The van der Waals surface area contributed by atoms with Crippen LogP contribution in [0, 0.1) is 0 Å². The molecule has 0 saturated heterocycles. The number of rotatable bonds is 8. The maximum Gasteiger partial charge on any atom is 0.319 e. The number of carbonyl (C=O) groups excluding carboxylic acids is 3. The first-order valence-corrected chi connectivity index (χ1v) is 8.86. The second-order valence-electron chi connectivity index (χ2n) is 6.41. The molecule has 2 aromatic carbocycles. The Bertz CT molecular complexity index is 898.